The molecule has 8 nitrogen and oxygen atoms in total. The Kier molecular flexibility index (Phi) is 11.1. The Hall–Kier alpha value is -1.68. The average molecular weight is 441 g/mol. The monoisotopic (exact) mass is 440 g/mol. The molecule has 1 aliphatic heterocycles. The summed E-state index contributed by atoms with van der Waals surface area (Å²) < 4.78 is 38.3. The Morgan fingerprint density at radius 3 is 2.60 bits per heavy atom. The van der Waals surface area contributed by atoms with Gasteiger partial charge in [0, 0.05) is 52.6 Å². The quantitative estimate of drug-likeness (QED) is 0.260. The molecule has 0 spiro atoms. The summed E-state index contributed by atoms with van der Waals surface area (Å²) in [7, 11) is -3.50. The molecular formula is C21H36N4O4S. The van der Waals surface area contributed by atoms with Crippen LogP contribution in [0.5, 0.6) is 0 Å². The van der Waals surface area contributed by atoms with Gasteiger partial charge in [-0.2, -0.15) is 0 Å². The topological polar surface area (TPSA) is 101 Å². The molecule has 30 heavy (non-hydrogen) atoms. The second kappa shape index (κ2) is 13.6. The fourth-order valence-corrected chi connectivity index (χ4v) is 4.06. The number of sulfonamides is 1. The fourth-order valence-electron chi connectivity index (χ4n) is 3.03. The van der Waals surface area contributed by atoms with E-state index in [2.05, 4.69) is 20.3 Å². The minimum Gasteiger partial charge on any atom is -0.381 e. The molecule has 0 amide bonds. The van der Waals surface area contributed by atoms with Crippen LogP contribution in [0.4, 0.5) is 0 Å². The molecule has 0 aromatic heterocycles. The molecule has 170 valence electrons. The molecule has 1 aromatic carbocycles. The second-order valence-corrected chi connectivity index (χ2v) is 9.15. The Balaban J connectivity index is 1.63. The highest BCUT2D eigenvalue weighted by molar-refractivity contribution is 7.89. The lowest BCUT2D eigenvalue weighted by molar-refractivity contribution is 0.0205. The Bertz CT molecular complexity index is 732. The van der Waals surface area contributed by atoms with Crippen molar-refractivity contribution in [2.24, 2.45) is 10.9 Å². The number of hydrogen-bond donors (Lipinski definition) is 3. The molecule has 0 unspecified atom stereocenters. The highest BCUT2D eigenvalue weighted by atomic mass is 32.2. The minimum atomic E-state index is -3.50. The maximum atomic E-state index is 12.3. The second-order valence-electron chi connectivity index (χ2n) is 7.38. The van der Waals surface area contributed by atoms with E-state index in [-0.39, 0.29) is 11.4 Å². The smallest absolute Gasteiger partial charge is 0.240 e. The van der Waals surface area contributed by atoms with Crippen LogP contribution >= 0.6 is 0 Å². The van der Waals surface area contributed by atoms with Gasteiger partial charge in [-0.05, 0) is 51.2 Å². The lowest BCUT2D eigenvalue weighted by Crippen LogP contribution is -2.41. The summed E-state index contributed by atoms with van der Waals surface area (Å²) in [5.41, 5.74) is 1.02. The molecule has 0 bridgehead atoms. The summed E-state index contributed by atoms with van der Waals surface area (Å²) in [6.45, 7) is 9.20. The molecular weight excluding hydrogens is 404 g/mol. The third-order valence-corrected chi connectivity index (χ3v) is 6.27. The highest BCUT2D eigenvalue weighted by Gasteiger charge is 2.14. The molecule has 0 atom stereocenters. The number of benzene rings is 1. The molecule has 0 saturated carbocycles. The van der Waals surface area contributed by atoms with E-state index in [1.54, 1.807) is 24.3 Å². The van der Waals surface area contributed by atoms with Gasteiger partial charge in [-0.1, -0.05) is 17.7 Å². The summed E-state index contributed by atoms with van der Waals surface area (Å²) in [5.74, 6) is 1.29. The van der Waals surface area contributed by atoms with Crippen LogP contribution in [0.1, 0.15) is 31.7 Å². The van der Waals surface area contributed by atoms with E-state index in [4.69, 9.17) is 9.47 Å². The van der Waals surface area contributed by atoms with Gasteiger partial charge >= 0.3 is 0 Å². The fraction of sp³-hybridized carbons (Fsp3) is 0.667. The third kappa shape index (κ3) is 9.42. The van der Waals surface area contributed by atoms with Crippen molar-refractivity contribution in [1.82, 2.24) is 15.4 Å². The van der Waals surface area contributed by atoms with Crippen molar-refractivity contribution in [3.63, 3.8) is 0 Å². The number of hydrogen-bond acceptors (Lipinski definition) is 5. The zero-order valence-corrected chi connectivity index (χ0v) is 19.0. The lowest BCUT2D eigenvalue weighted by atomic mass is 10.0. The molecule has 2 rings (SSSR count). The van der Waals surface area contributed by atoms with Crippen LogP contribution in [0.2, 0.25) is 0 Å². The molecule has 1 aliphatic rings. The third-order valence-electron chi connectivity index (χ3n) is 4.80. The van der Waals surface area contributed by atoms with Crippen LogP contribution in [-0.4, -0.2) is 67.0 Å². The van der Waals surface area contributed by atoms with Crippen molar-refractivity contribution in [3.05, 3.63) is 29.8 Å². The molecule has 0 aliphatic carbocycles. The van der Waals surface area contributed by atoms with E-state index in [1.165, 1.54) is 0 Å². The van der Waals surface area contributed by atoms with E-state index in [0.717, 1.165) is 51.2 Å². The van der Waals surface area contributed by atoms with Gasteiger partial charge in [0.15, 0.2) is 5.96 Å². The predicted molar refractivity (Wildman–Crippen MR) is 119 cm³/mol. The van der Waals surface area contributed by atoms with Crippen molar-refractivity contribution in [2.75, 3.05) is 52.6 Å². The van der Waals surface area contributed by atoms with Crippen molar-refractivity contribution < 1.29 is 17.9 Å². The molecule has 0 radical (unpaired) electrons. The van der Waals surface area contributed by atoms with Crippen LogP contribution in [0, 0.1) is 12.8 Å². The molecule has 9 heteroatoms. The maximum absolute atomic E-state index is 12.3. The van der Waals surface area contributed by atoms with Gasteiger partial charge in [-0.25, -0.2) is 13.1 Å². The standard InChI is InChI=1S/C21H36N4O4S/c1-3-22-21(23-11-4-14-29-17-19-9-15-28-16-10-19)24-12-13-25-30(26,27)20-7-5-18(2)6-8-20/h5-8,19,25H,3-4,9-17H2,1-2H3,(H2,22,23,24). The average Bonchev–Trinajstić information content (AvgIpc) is 2.74. The SMILES string of the molecule is CCNC(=NCCCOCC1CCOCC1)NCCNS(=O)(=O)c1ccc(C)cc1. The first-order valence-electron chi connectivity index (χ1n) is 10.7. The zero-order valence-electron chi connectivity index (χ0n) is 18.2. The van der Waals surface area contributed by atoms with Gasteiger partial charge in [0.1, 0.15) is 0 Å². The summed E-state index contributed by atoms with van der Waals surface area (Å²) in [4.78, 5) is 4.79. The highest BCUT2D eigenvalue weighted by Crippen LogP contribution is 2.14. The summed E-state index contributed by atoms with van der Waals surface area (Å²) >= 11 is 0. The van der Waals surface area contributed by atoms with Crippen molar-refractivity contribution in [3.8, 4) is 0 Å². The Morgan fingerprint density at radius 2 is 1.90 bits per heavy atom. The first-order valence-corrected chi connectivity index (χ1v) is 12.2. The number of nitrogens with one attached hydrogen (secondary N) is 3. The Labute approximate surface area is 180 Å². The predicted octanol–water partition coefficient (Wildman–Crippen LogP) is 1.66. The molecule has 1 aromatic rings. The van der Waals surface area contributed by atoms with Crippen LogP contribution in [0.25, 0.3) is 0 Å². The first kappa shape index (κ1) is 24.6. The number of ether oxygens (including phenoxy) is 2. The van der Waals surface area contributed by atoms with Crippen molar-refractivity contribution in [1.29, 1.82) is 0 Å². The van der Waals surface area contributed by atoms with E-state index in [0.29, 0.717) is 31.6 Å². The zero-order chi connectivity index (χ0) is 21.7. The summed E-state index contributed by atoms with van der Waals surface area (Å²) in [5, 5.41) is 6.32. The summed E-state index contributed by atoms with van der Waals surface area (Å²) in [6.07, 6.45) is 3.01. The number of nitrogens with zero attached hydrogens (tertiary/aromatic N) is 1. The van der Waals surface area contributed by atoms with Crippen LogP contribution < -0.4 is 15.4 Å². The van der Waals surface area contributed by atoms with Crippen molar-refractivity contribution >= 4 is 16.0 Å². The van der Waals surface area contributed by atoms with Crippen LogP contribution in [-0.2, 0) is 19.5 Å². The van der Waals surface area contributed by atoms with Crippen molar-refractivity contribution in [2.45, 2.75) is 38.0 Å². The van der Waals surface area contributed by atoms with Gasteiger partial charge in [0.2, 0.25) is 10.0 Å². The van der Waals surface area contributed by atoms with Gasteiger partial charge in [-0.3, -0.25) is 4.99 Å². The number of guanidine groups is 1. The van der Waals surface area contributed by atoms with Gasteiger partial charge in [0.25, 0.3) is 0 Å². The van der Waals surface area contributed by atoms with E-state index < -0.39 is 10.0 Å². The number of aryl methyl sites for hydroxylation is 1. The number of aliphatic imine (C=N–C) groups is 1. The van der Waals surface area contributed by atoms with E-state index in [9.17, 15) is 8.42 Å². The number of rotatable bonds is 12. The van der Waals surface area contributed by atoms with E-state index >= 15 is 0 Å². The normalized spacial score (nSPS) is 15.9. The van der Waals surface area contributed by atoms with Gasteiger partial charge in [0.05, 0.1) is 4.90 Å². The molecule has 1 fully saturated rings. The maximum Gasteiger partial charge on any atom is 0.240 e. The summed E-state index contributed by atoms with van der Waals surface area (Å²) in [6, 6.07) is 6.80. The molecule has 1 saturated heterocycles. The largest absolute Gasteiger partial charge is 0.381 e. The Morgan fingerprint density at radius 1 is 1.17 bits per heavy atom. The molecule has 3 N–H and O–H groups in total. The lowest BCUT2D eigenvalue weighted by Gasteiger charge is -2.21. The van der Waals surface area contributed by atoms with Gasteiger partial charge < -0.3 is 20.1 Å². The van der Waals surface area contributed by atoms with Crippen LogP contribution in [0.15, 0.2) is 34.2 Å². The molecule has 1 heterocycles. The van der Waals surface area contributed by atoms with Gasteiger partial charge in [-0.15, -0.1) is 0 Å². The van der Waals surface area contributed by atoms with E-state index in [1.807, 2.05) is 13.8 Å². The first-order chi connectivity index (χ1) is 14.5. The van der Waals surface area contributed by atoms with Crippen LogP contribution in [0.3, 0.4) is 0 Å². The minimum absolute atomic E-state index is 0.273.